The molecule has 3 atom stereocenters. The van der Waals surface area contributed by atoms with Crippen LogP contribution >= 0.6 is 22.9 Å². The largest absolute Gasteiger partial charge is 0.391 e. The highest BCUT2D eigenvalue weighted by molar-refractivity contribution is 7.13. The molecule has 0 spiro atoms. The van der Waals surface area contributed by atoms with E-state index in [2.05, 4.69) is 31.3 Å². The van der Waals surface area contributed by atoms with Crippen molar-refractivity contribution < 1.29 is 29.1 Å². The first kappa shape index (κ1) is 47.3. The van der Waals surface area contributed by atoms with E-state index in [1.165, 1.54) is 9.58 Å². The molecule has 7 rings (SSSR count). The third-order valence-electron chi connectivity index (χ3n) is 11.5. The zero-order valence-corrected chi connectivity index (χ0v) is 38.8. The van der Waals surface area contributed by atoms with Crippen molar-refractivity contribution in [1.82, 2.24) is 30.3 Å². The SMILES string of the molecule is Cc1ncsc1-c1ccc(CNC(=O)[C@@H]2C[C@@H](O)CN2C(=O)[C@@H](NC(=O)CCCCCC(=O)n2nc(N)c3c(-c4cccc(NC(=O)Nc5cccc(Cl)c5)c4)cccc32)C(C)(C)C)cc1. The molecule has 6 aromatic rings. The number of carbonyl (C=O) groups excluding carboxylic acids is 5. The number of aliphatic hydroxyl groups excluding tert-OH is 1. The minimum absolute atomic E-state index is 0.0221. The molecule has 1 aliphatic heterocycles. The number of β-amino-alcohol motifs (C(OH)–C–C–N with tert-alkyl or cyclic N) is 1. The quantitative estimate of drug-likeness (QED) is 0.0545. The summed E-state index contributed by atoms with van der Waals surface area (Å²) in [4.78, 5) is 73.9. The van der Waals surface area contributed by atoms with E-state index in [4.69, 9.17) is 17.3 Å². The molecule has 3 heterocycles. The molecule has 0 unspecified atom stereocenters. The molecule has 5 amide bonds. The van der Waals surface area contributed by atoms with Crippen LogP contribution in [0.1, 0.15) is 75.3 Å². The van der Waals surface area contributed by atoms with Crippen molar-refractivity contribution in [2.45, 2.75) is 91.0 Å². The Morgan fingerprint density at radius 2 is 1.59 bits per heavy atom. The van der Waals surface area contributed by atoms with Crippen LogP contribution in [0, 0.1) is 12.3 Å². The molecule has 0 bridgehead atoms. The van der Waals surface area contributed by atoms with Crippen LogP contribution in [0.2, 0.25) is 5.02 Å². The number of halogens is 1. The van der Waals surface area contributed by atoms with Gasteiger partial charge in [0, 0.05) is 48.7 Å². The number of hydrogen-bond acceptors (Lipinski definition) is 10. The maximum Gasteiger partial charge on any atom is 0.323 e. The van der Waals surface area contributed by atoms with Gasteiger partial charge < -0.3 is 37.0 Å². The second kappa shape index (κ2) is 20.7. The highest BCUT2D eigenvalue weighted by atomic mass is 35.5. The molecule has 1 saturated heterocycles. The third kappa shape index (κ3) is 11.4. The first-order chi connectivity index (χ1) is 31.5. The van der Waals surface area contributed by atoms with E-state index >= 15 is 0 Å². The molecule has 17 heteroatoms. The molecule has 344 valence electrons. The molecule has 0 aliphatic carbocycles. The predicted molar refractivity (Wildman–Crippen MR) is 259 cm³/mol. The Kier molecular flexibility index (Phi) is 14.8. The number of anilines is 3. The number of urea groups is 1. The number of aryl methyl sites for hydroxylation is 1. The van der Waals surface area contributed by atoms with Crippen molar-refractivity contribution in [3.8, 4) is 21.6 Å². The van der Waals surface area contributed by atoms with Gasteiger partial charge in [0.1, 0.15) is 12.1 Å². The van der Waals surface area contributed by atoms with Crippen molar-refractivity contribution in [3.63, 3.8) is 0 Å². The van der Waals surface area contributed by atoms with Gasteiger partial charge in [0.2, 0.25) is 23.6 Å². The molecular formula is C49H54ClN9O6S. The number of nitrogens with one attached hydrogen (secondary N) is 4. The number of aliphatic hydroxyl groups is 1. The van der Waals surface area contributed by atoms with E-state index < -0.39 is 35.5 Å². The summed E-state index contributed by atoms with van der Waals surface area (Å²) < 4.78 is 1.31. The number of nitrogens with two attached hydrogens (primary N) is 1. The lowest BCUT2D eigenvalue weighted by atomic mass is 9.85. The lowest BCUT2D eigenvalue weighted by Gasteiger charge is -2.35. The lowest BCUT2D eigenvalue weighted by Crippen LogP contribution is -2.57. The van der Waals surface area contributed by atoms with Gasteiger partial charge in [-0.15, -0.1) is 16.4 Å². The highest BCUT2D eigenvalue weighted by Gasteiger charge is 2.44. The fourth-order valence-corrected chi connectivity index (χ4v) is 9.11. The first-order valence-electron chi connectivity index (χ1n) is 21.8. The summed E-state index contributed by atoms with van der Waals surface area (Å²) in [6.45, 7) is 7.71. The van der Waals surface area contributed by atoms with E-state index in [1.54, 1.807) is 59.9 Å². The summed E-state index contributed by atoms with van der Waals surface area (Å²) in [6, 6.07) is 25.1. The lowest BCUT2D eigenvalue weighted by molar-refractivity contribution is -0.144. The summed E-state index contributed by atoms with van der Waals surface area (Å²) in [5, 5.41) is 27.5. The van der Waals surface area contributed by atoms with E-state index in [0.29, 0.717) is 46.6 Å². The number of fused-ring (bicyclic) bond motifs is 1. The predicted octanol–water partition coefficient (Wildman–Crippen LogP) is 8.41. The number of aromatic nitrogens is 3. The summed E-state index contributed by atoms with van der Waals surface area (Å²) in [5.74, 6) is -1.20. The maximum atomic E-state index is 14.1. The molecular weight excluding hydrogens is 878 g/mol. The summed E-state index contributed by atoms with van der Waals surface area (Å²) >= 11 is 7.62. The van der Waals surface area contributed by atoms with Crippen molar-refractivity contribution >= 4 is 80.7 Å². The number of carbonyl (C=O) groups is 5. The number of likely N-dealkylation sites (tertiary alicyclic amines) is 1. The summed E-state index contributed by atoms with van der Waals surface area (Å²) in [7, 11) is 0. The molecule has 0 radical (unpaired) electrons. The van der Waals surface area contributed by atoms with Gasteiger partial charge in [0.25, 0.3) is 0 Å². The summed E-state index contributed by atoms with van der Waals surface area (Å²) in [5.41, 5.74) is 13.5. The number of benzene rings is 4. The normalized spacial score (nSPS) is 15.3. The second-order valence-corrected chi connectivity index (χ2v) is 18.9. The van der Waals surface area contributed by atoms with E-state index in [9.17, 15) is 29.1 Å². The Morgan fingerprint density at radius 1 is 0.894 bits per heavy atom. The molecule has 7 N–H and O–H groups in total. The number of hydrogen-bond donors (Lipinski definition) is 6. The molecule has 0 saturated carbocycles. The topological polar surface area (TPSA) is 214 Å². The number of thiazole rings is 1. The van der Waals surface area contributed by atoms with Crippen LogP contribution < -0.4 is 27.0 Å². The number of rotatable bonds is 15. The zero-order valence-electron chi connectivity index (χ0n) is 37.3. The van der Waals surface area contributed by atoms with Crippen LogP contribution in [-0.4, -0.2) is 79.2 Å². The Morgan fingerprint density at radius 3 is 2.29 bits per heavy atom. The van der Waals surface area contributed by atoms with Gasteiger partial charge >= 0.3 is 6.03 Å². The Hall–Kier alpha value is -6.62. The van der Waals surface area contributed by atoms with Gasteiger partial charge in [0.05, 0.1) is 33.1 Å². The van der Waals surface area contributed by atoms with Gasteiger partial charge in [-0.3, -0.25) is 19.2 Å². The van der Waals surface area contributed by atoms with E-state index in [-0.39, 0.29) is 55.9 Å². The molecule has 1 fully saturated rings. The van der Waals surface area contributed by atoms with Crippen molar-refractivity contribution in [3.05, 3.63) is 113 Å². The number of nitrogens with zero attached hydrogens (tertiary/aromatic N) is 4. The van der Waals surface area contributed by atoms with Gasteiger partial charge in [-0.1, -0.05) is 93.4 Å². The van der Waals surface area contributed by atoms with Gasteiger partial charge in [0.15, 0.2) is 5.82 Å². The maximum absolute atomic E-state index is 14.1. The number of amides is 5. The van der Waals surface area contributed by atoms with Crippen LogP contribution in [0.4, 0.5) is 22.0 Å². The van der Waals surface area contributed by atoms with Crippen LogP contribution in [0.3, 0.4) is 0 Å². The fraction of sp³-hybridized carbons (Fsp3) is 0.327. The van der Waals surface area contributed by atoms with E-state index in [1.807, 2.05) is 75.7 Å². The van der Waals surface area contributed by atoms with Gasteiger partial charge in [-0.2, -0.15) is 4.68 Å². The van der Waals surface area contributed by atoms with Crippen molar-refractivity contribution in [2.24, 2.45) is 5.41 Å². The average molecular weight is 933 g/mol. The third-order valence-corrected chi connectivity index (χ3v) is 12.7. The van der Waals surface area contributed by atoms with Gasteiger partial charge in [-0.25, -0.2) is 9.78 Å². The van der Waals surface area contributed by atoms with Crippen LogP contribution in [0.15, 0.2) is 96.5 Å². The highest BCUT2D eigenvalue weighted by Crippen LogP contribution is 2.34. The molecule has 66 heavy (non-hydrogen) atoms. The Labute approximate surface area is 392 Å². The van der Waals surface area contributed by atoms with Crippen LogP contribution in [0.25, 0.3) is 32.5 Å². The van der Waals surface area contributed by atoms with Crippen molar-refractivity contribution in [2.75, 3.05) is 22.9 Å². The minimum atomic E-state index is -0.948. The van der Waals surface area contributed by atoms with Gasteiger partial charge in [-0.05, 0) is 83.8 Å². The first-order valence-corrected chi connectivity index (χ1v) is 23.1. The Balaban J connectivity index is 0.900. The standard InChI is InChI=1S/C49H54ClN9O6S/c1-29-43(66-28-53-29)31-21-19-30(20-22-31)26-52-46(63)39-25-36(60)27-58(39)47(64)44(49(2,3)4)56-40(61)17-6-5-7-18-41(62)59-38-16-10-15-37(42(38)45(51)57-59)32-11-8-13-34(23-32)54-48(65)55-35-14-9-12-33(50)24-35/h8-16,19-24,28,36,39,44,60H,5-7,17-18,25-27H2,1-4H3,(H2,51,57)(H,52,63)(H,56,61)(H2,54,55,65)/t36-,39+,44-/m1/s1. The number of unbranched alkanes of at least 4 members (excludes halogenated alkanes) is 2. The molecule has 1 aliphatic rings. The summed E-state index contributed by atoms with van der Waals surface area (Å²) in [6.07, 6.45) is 1.00. The monoisotopic (exact) mass is 931 g/mol. The smallest absolute Gasteiger partial charge is 0.323 e. The minimum Gasteiger partial charge on any atom is -0.391 e. The van der Waals surface area contributed by atoms with Crippen LogP contribution in [-0.2, 0) is 20.9 Å². The molecule has 2 aromatic heterocycles. The Bertz CT molecular complexity index is 2750. The molecule has 4 aromatic carbocycles. The van der Waals surface area contributed by atoms with E-state index in [0.717, 1.165) is 32.8 Å². The van der Waals surface area contributed by atoms with Crippen molar-refractivity contribution in [1.29, 1.82) is 0 Å². The average Bonchev–Trinajstić information content (AvgIpc) is 4.00. The fourth-order valence-electron chi connectivity index (χ4n) is 8.11. The van der Waals surface area contributed by atoms with Crippen LogP contribution in [0.5, 0.6) is 0 Å². The zero-order chi connectivity index (χ0) is 47.1. The number of nitrogen functional groups attached to an aromatic ring is 1. The second-order valence-electron chi connectivity index (χ2n) is 17.6. The molecule has 15 nitrogen and oxygen atoms in total.